The van der Waals surface area contributed by atoms with E-state index in [1.165, 1.54) is 0 Å². The quantitative estimate of drug-likeness (QED) is 0.836. The zero-order valence-electron chi connectivity index (χ0n) is 6.40. The lowest BCUT2D eigenvalue weighted by molar-refractivity contribution is -0.137. The number of halogens is 4. The fourth-order valence-electron chi connectivity index (χ4n) is 0.771. The van der Waals surface area contributed by atoms with Crippen molar-refractivity contribution in [3.8, 4) is 0 Å². The molecule has 0 bridgehead atoms. The molecular formula is C7H6BrF3N2. The van der Waals surface area contributed by atoms with Crippen molar-refractivity contribution in [3.05, 3.63) is 28.0 Å². The number of nitrogens with zero attached hydrogens (tertiary/aromatic N) is 1. The van der Waals surface area contributed by atoms with Crippen molar-refractivity contribution >= 4 is 15.9 Å². The molecule has 0 unspecified atom stereocenters. The maximum absolute atomic E-state index is 12.1. The second-order valence-corrected chi connectivity index (χ2v) is 3.21. The molecule has 0 aliphatic rings. The Bertz CT molecular complexity index is 311. The third-order valence-corrected chi connectivity index (χ3v) is 2.12. The molecule has 13 heavy (non-hydrogen) atoms. The summed E-state index contributed by atoms with van der Waals surface area (Å²) in [6.45, 7) is 0.110. The first-order valence-electron chi connectivity index (χ1n) is 3.37. The van der Waals surface area contributed by atoms with Crippen LogP contribution in [0, 0.1) is 0 Å². The van der Waals surface area contributed by atoms with Crippen LogP contribution in [0.1, 0.15) is 11.3 Å². The lowest BCUT2D eigenvalue weighted by atomic mass is 10.2. The molecule has 0 saturated carbocycles. The second-order valence-electron chi connectivity index (χ2n) is 2.35. The van der Waals surface area contributed by atoms with Gasteiger partial charge < -0.3 is 5.73 Å². The van der Waals surface area contributed by atoms with Gasteiger partial charge in [-0.3, -0.25) is 4.98 Å². The van der Waals surface area contributed by atoms with Crippen LogP contribution in [0.2, 0.25) is 0 Å². The maximum atomic E-state index is 12.1. The number of hydrogen-bond acceptors (Lipinski definition) is 2. The van der Waals surface area contributed by atoms with Crippen LogP contribution in [0.4, 0.5) is 13.2 Å². The summed E-state index contributed by atoms with van der Waals surface area (Å²) in [4.78, 5) is 3.57. The highest BCUT2D eigenvalue weighted by Crippen LogP contribution is 2.30. The Balaban J connectivity index is 3.10. The van der Waals surface area contributed by atoms with Crippen molar-refractivity contribution in [2.75, 3.05) is 0 Å². The number of aromatic nitrogens is 1. The van der Waals surface area contributed by atoms with Gasteiger partial charge in [-0.1, -0.05) is 0 Å². The monoisotopic (exact) mass is 254 g/mol. The van der Waals surface area contributed by atoms with Gasteiger partial charge in [0.1, 0.15) is 0 Å². The second kappa shape index (κ2) is 3.63. The molecule has 6 heteroatoms. The summed E-state index contributed by atoms with van der Waals surface area (Å²) in [5.41, 5.74) is 4.87. The van der Waals surface area contributed by atoms with Gasteiger partial charge >= 0.3 is 6.18 Å². The Hall–Kier alpha value is -0.620. The molecule has 0 aliphatic carbocycles. The molecule has 1 aromatic heterocycles. The van der Waals surface area contributed by atoms with Crippen LogP contribution in [0.5, 0.6) is 0 Å². The van der Waals surface area contributed by atoms with Gasteiger partial charge in [0.05, 0.1) is 11.3 Å². The van der Waals surface area contributed by atoms with Crippen molar-refractivity contribution < 1.29 is 13.2 Å². The van der Waals surface area contributed by atoms with Crippen molar-refractivity contribution in [3.63, 3.8) is 0 Å². The summed E-state index contributed by atoms with van der Waals surface area (Å²) in [6, 6.07) is 0.967. The van der Waals surface area contributed by atoms with Crippen LogP contribution < -0.4 is 5.73 Å². The number of nitrogens with two attached hydrogens (primary N) is 1. The molecular weight excluding hydrogens is 249 g/mol. The first kappa shape index (κ1) is 10.5. The molecule has 1 heterocycles. The average molecular weight is 255 g/mol. The summed E-state index contributed by atoms with van der Waals surface area (Å²) in [6.07, 6.45) is -3.59. The Morgan fingerprint density at radius 1 is 1.46 bits per heavy atom. The van der Waals surface area contributed by atoms with Crippen LogP contribution in [-0.4, -0.2) is 4.98 Å². The summed E-state index contributed by atoms with van der Waals surface area (Å²) < 4.78 is 36.6. The fraction of sp³-hybridized carbons (Fsp3) is 0.286. The first-order chi connectivity index (χ1) is 5.95. The number of rotatable bonds is 1. The van der Waals surface area contributed by atoms with E-state index in [1.54, 1.807) is 0 Å². The highest BCUT2D eigenvalue weighted by molar-refractivity contribution is 9.10. The SMILES string of the molecule is NCc1ncc(C(F)(F)F)cc1Br. The topological polar surface area (TPSA) is 38.9 Å². The van der Waals surface area contributed by atoms with E-state index < -0.39 is 11.7 Å². The fourth-order valence-corrected chi connectivity index (χ4v) is 1.28. The Morgan fingerprint density at radius 3 is 2.46 bits per heavy atom. The summed E-state index contributed by atoms with van der Waals surface area (Å²) in [5.74, 6) is 0. The molecule has 0 aromatic carbocycles. The molecule has 2 nitrogen and oxygen atoms in total. The molecule has 0 radical (unpaired) electrons. The van der Waals surface area contributed by atoms with Crippen molar-refractivity contribution in [2.45, 2.75) is 12.7 Å². The van der Waals surface area contributed by atoms with Gasteiger partial charge in [0.25, 0.3) is 0 Å². The Kier molecular flexibility index (Phi) is 2.92. The van der Waals surface area contributed by atoms with Crippen molar-refractivity contribution in [1.29, 1.82) is 0 Å². The van der Waals surface area contributed by atoms with Gasteiger partial charge in [0.2, 0.25) is 0 Å². The normalized spacial score (nSPS) is 11.8. The third-order valence-electron chi connectivity index (χ3n) is 1.44. The van der Waals surface area contributed by atoms with E-state index in [1.807, 2.05) is 0 Å². The zero-order chi connectivity index (χ0) is 10.1. The number of pyridine rings is 1. The summed E-state index contributed by atoms with van der Waals surface area (Å²) in [5, 5.41) is 0. The summed E-state index contributed by atoms with van der Waals surface area (Å²) >= 11 is 2.96. The van der Waals surface area contributed by atoms with Crippen LogP contribution in [0.3, 0.4) is 0 Å². The Morgan fingerprint density at radius 2 is 2.08 bits per heavy atom. The van der Waals surface area contributed by atoms with Crippen LogP contribution in [0.15, 0.2) is 16.7 Å². The highest BCUT2D eigenvalue weighted by atomic mass is 79.9. The maximum Gasteiger partial charge on any atom is 0.417 e. The molecule has 0 atom stereocenters. The number of hydrogen-bond donors (Lipinski definition) is 1. The van der Waals surface area contributed by atoms with Gasteiger partial charge in [-0.25, -0.2) is 0 Å². The minimum absolute atomic E-state index is 0.110. The Labute approximate surface area is 81.1 Å². The molecule has 72 valence electrons. The smallest absolute Gasteiger partial charge is 0.325 e. The van der Waals surface area contributed by atoms with E-state index in [-0.39, 0.29) is 11.0 Å². The largest absolute Gasteiger partial charge is 0.417 e. The van der Waals surface area contributed by atoms with E-state index >= 15 is 0 Å². The molecule has 0 fully saturated rings. The molecule has 0 spiro atoms. The van der Waals surface area contributed by atoms with Crippen LogP contribution >= 0.6 is 15.9 Å². The van der Waals surface area contributed by atoms with Crippen molar-refractivity contribution in [2.24, 2.45) is 5.73 Å². The summed E-state index contributed by atoms with van der Waals surface area (Å²) in [7, 11) is 0. The molecule has 0 aliphatic heterocycles. The predicted molar refractivity (Wildman–Crippen MR) is 44.8 cm³/mol. The third kappa shape index (κ3) is 2.41. The van der Waals surface area contributed by atoms with E-state index in [9.17, 15) is 13.2 Å². The first-order valence-corrected chi connectivity index (χ1v) is 4.16. The van der Waals surface area contributed by atoms with Gasteiger partial charge in [-0.2, -0.15) is 13.2 Å². The van der Waals surface area contributed by atoms with E-state index in [4.69, 9.17) is 5.73 Å². The molecule has 1 rings (SSSR count). The standard InChI is InChI=1S/C7H6BrF3N2/c8-5-1-4(7(9,10)11)3-13-6(5)2-12/h1,3H,2,12H2. The van der Waals surface area contributed by atoms with Crippen molar-refractivity contribution in [1.82, 2.24) is 4.98 Å². The lowest BCUT2D eigenvalue weighted by Crippen LogP contribution is -2.08. The van der Waals surface area contributed by atoms with Crippen LogP contribution in [0.25, 0.3) is 0 Å². The molecule has 0 saturated heterocycles. The number of alkyl halides is 3. The molecule has 2 N–H and O–H groups in total. The van der Waals surface area contributed by atoms with Gasteiger partial charge in [-0.15, -0.1) is 0 Å². The van der Waals surface area contributed by atoms with Gasteiger partial charge in [0.15, 0.2) is 0 Å². The lowest BCUT2D eigenvalue weighted by Gasteiger charge is -2.07. The minimum atomic E-state index is -4.36. The molecule has 0 amide bonds. The average Bonchev–Trinajstić information content (AvgIpc) is 2.02. The van der Waals surface area contributed by atoms with Crippen LogP contribution in [-0.2, 0) is 12.7 Å². The minimum Gasteiger partial charge on any atom is -0.325 e. The van der Waals surface area contributed by atoms with E-state index in [0.717, 1.165) is 12.3 Å². The zero-order valence-corrected chi connectivity index (χ0v) is 7.98. The van der Waals surface area contributed by atoms with Gasteiger partial charge in [-0.05, 0) is 22.0 Å². The van der Waals surface area contributed by atoms with Gasteiger partial charge in [0, 0.05) is 17.2 Å². The predicted octanol–water partition coefficient (Wildman–Crippen LogP) is 2.32. The molecule has 1 aromatic rings. The van der Waals surface area contributed by atoms with E-state index in [0.29, 0.717) is 5.69 Å². The highest BCUT2D eigenvalue weighted by Gasteiger charge is 2.31. The van der Waals surface area contributed by atoms with E-state index in [2.05, 4.69) is 20.9 Å².